The molecule has 0 radical (unpaired) electrons. The summed E-state index contributed by atoms with van der Waals surface area (Å²) in [7, 11) is 0. The van der Waals surface area contributed by atoms with Gasteiger partial charge in [-0.1, -0.05) is 70.3 Å². The maximum absolute atomic E-state index is 14.4. The van der Waals surface area contributed by atoms with E-state index >= 15 is 0 Å². The van der Waals surface area contributed by atoms with Gasteiger partial charge < -0.3 is 10.0 Å². The summed E-state index contributed by atoms with van der Waals surface area (Å²) in [5.41, 5.74) is 1.25. The van der Waals surface area contributed by atoms with Crippen LogP contribution in [-0.2, 0) is 4.79 Å². The number of carboxylic acids is 1. The summed E-state index contributed by atoms with van der Waals surface area (Å²) in [5.74, 6) is -1.25. The first-order chi connectivity index (χ1) is 17.5. The van der Waals surface area contributed by atoms with Crippen LogP contribution in [0.1, 0.15) is 100 Å². The molecule has 1 unspecified atom stereocenters. The number of hydrogen-bond donors (Lipinski definition) is 1. The fourth-order valence-electron chi connectivity index (χ4n) is 5.86. The Morgan fingerprint density at radius 3 is 2.38 bits per heavy atom. The fraction of sp³-hybridized carbons (Fsp3) is 0.500. The Balaban J connectivity index is 1.79. The monoisotopic (exact) mass is 526 g/mol. The molecule has 37 heavy (non-hydrogen) atoms. The normalized spacial score (nSPS) is 22.9. The molecule has 0 saturated heterocycles. The zero-order valence-corrected chi connectivity index (χ0v) is 22.8. The lowest BCUT2D eigenvalue weighted by atomic mass is 9.69. The minimum absolute atomic E-state index is 0.00592. The van der Waals surface area contributed by atoms with Crippen molar-refractivity contribution in [2.24, 2.45) is 16.3 Å². The van der Waals surface area contributed by atoms with Gasteiger partial charge in [0.15, 0.2) is 0 Å². The number of carbonyl (C=O) groups excluding carboxylic acids is 1. The van der Waals surface area contributed by atoms with Gasteiger partial charge in [-0.2, -0.15) is 0 Å². The van der Waals surface area contributed by atoms with Crippen LogP contribution in [0.4, 0.5) is 4.39 Å². The van der Waals surface area contributed by atoms with Gasteiger partial charge in [-0.15, -0.1) is 0 Å². The third-order valence-electron chi connectivity index (χ3n) is 8.08. The highest BCUT2D eigenvalue weighted by molar-refractivity contribution is 6.47. The molecule has 1 N–H and O–H groups in total. The van der Waals surface area contributed by atoms with Crippen LogP contribution < -0.4 is 0 Å². The summed E-state index contributed by atoms with van der Waals surface area (Å²) in [5, 5.41) is 9.38. The van der Waals surface area contributed by atoms with Crippen molar-refractivity contribution in [3.63, 3.8) is 0 Å². The third-order valence-corrected chi connectivity index (χ3v) is 8.39. The van der Waals surface area contributed by atoms with Gasteiger partial charge in [0.1, 0.15) is 17.2 Å². The first-order valence-electron chi connectivity index (χ1n) is 13.2. The van der Waals surface area contributed by atoms with Gasteiger partial charge in [-0.25, -0.2) is 9.18 Å². The molecule has 1 saturated carbocycles. The molecule has 1 aliphatic carbocycles. The first kappa shape index (κ1) is 27.3. The molecule has 1 amide bonds. The van der Waals surface area contributed by atoms with Crippen molar-refractivity contribution in [1.29, 1.82) is 0 Å². The zero-order chi connectivity index (χ0) is 27.0. The van der Waals surface area contributed by atoms with Gasteiger partial charge in [0.25, 0.3) is 5.91 Å². The third kappa shape index (κ3) is 5.45. The molecule has 1 spiro atoms. The van der Waals surface area contributed by atoms with Crippen LogP contribution in [0.15, 0.2) is 47.5 Å². The maximum Gasteiger partial charge on any atom is 0.335 e. The van der Waals surface area contributed by atoms with Gasteiger partial charge in [0, 0.05) is 5.56 Å². The van der Waals surface area contributed by atoms with E-state index in [1.165, 1.54) is 12.1 Å². The molecular formula is C30H36ClFN2O3. The lowest BCUT2D eigenvalue weighted by Crippen LogP contribution is -2.51. The first-order valence-corrected chi connectivity index (χ1v) is 13.6. The number of carbonyl (C=O) groups is 2. The molecule has 2 aromatic carbocycles. The highest BCUT2D eigenvalue weighted by Gasteiger charge is 2.52. The predicted molar refractivity (Wildman–Crippen MR) is 145 cm³/mol. The second-order valence-electron chi connectivity index (χ2n) is 11.5. The van der Waals surface area contributed by atoms with Crippen molar-refractivity contribution in [2.45, 2.75) is 84.3 Å². The van der Waals surface area contributed by atoms with Crippen molar-refractivity contribution in [1.82, 2.24) is 4.90 Å². The average Bonchev–Trinajstić information content (AvgIpc) is 3.12. The molecule has 1 heterocycles. The lowest BCUT2D eigenvalue weighted by Gasteiger charge is -2.47. The topological polar surface area (TPSA) is 70.0 Å². The number of nitrogens with zero attached hydrogens (tertiary/aromatic N) is 2. The van der Waals surface area contributed by atoms with Crippen LogP contribution >= 0.6 is 11.6 Å². The smallest absolute Gasteiger partial charge is 0.335 e. The van der Waals surface area contributed by atoms with Crippen LogP contribution in [0.3, 0.4) is 0 Å². The summed E-state index contributed by atoms with van der Waals surface area (Å²) in [4.78, 5) is 32.6. The van der Waals surface area contributed by atoms with E-state index in [2.05, 4.69) is 27.7 Å². The molecule has 7 heteroatoms. The second-order valence-corrected chi connectivity index (χ2v) is 11.9. The Hall–Kier alpha value is -2.73. The molecule has 0 aromatic heterocycles. The highest BCUT2D eigenvalue weighted by Crippen LogP contribution is 2.50. The fourth-order valence-corrected chi connectivity index (χ4v) is 5.98. The quantitative estimate of drug-likeness (QED) is 0.402. The summed E-state index contributed by atoms with van der Waals surface area (Å²) < 4.78 is 14.4. The van der Waals surface area contributed by atoms with Crippen LogP contribution in [0, 0.1) is 17.2 Å². The minimum atomic E-state index is -0.985. The molecule has 5 nitrogen and oxygen atoms in total. The lowest BCUT2D eigenvalue weighted by molar-refractivity contribution is -0.133. The molecule has 0 bridgehead atoms. The summed E-state index contributed by atoms with van der Waals surface area (Å²) in [6.07, 6.45) is 5.94. The molecule has 2 aromatic rings. The van der Waals surface area contributed by atoms with Crippen molar-refractivity contribution >= 4 is 29.2 Å². The van der Waals surface area contributed by atoms with E-state index < -0.39 is 17.4 Å². The van der Waals surface area contributed by atoms with Crippen molar-refractivity contribution in [2.75, 3.05) is 0 Å². The van der Waals surface area contributed by atoms with Gasteiger partial charge in [-0.05, 0) is 73.3 Å². The van der Waals surface area contributed by atoms with Crippen molar-refractivity contribution in [3.8, 4) is 0 Å². The molecule has 1 fully saturated rings. The number of aliphatic imine (C=N–C) groups is 1. The van der Waals surface area contributed by atoms with Crippen LogP contribution in [0.25, 0.3) is 0 Å². The largest absolute Gasteiger partial charge is 0.478 e. The molecule has 198 valence electrons. The number of amides is 1. The highest BCUT2D eigenvalue weighted by atomic mass is 35.5. The van der Waals surface area contributed by atoms with E-state index in [0.29, 0.717) is 11.5 Å². The number of halogens is 2. The van der Waals surface area contributed by atoms with Crippen molar-refractivity contribution in [3.05, 3.63) is 70.0 Å². The number of aromatic carboxylic acids is 1. The SMILES string of the molecule is CCCCC(c1ccc(C(=O)O)cc1)N1C(=O)C(c2ccc(Cl)c(F)c2)=NC12CCC(C(C)(C)C)CC2. The number of unbranched alkanes of at least 4 members (excludes halogenated alkanes) is 1. The Morgan fingerprint density at radius 1 is 1.19 bits per heavy atom. The van der Waals surface area contributed by atoms with Crippen LogP contribution in [0.2, 0.25) is 5.02 Å². The molecule has 4 rings (SSSR count). The number of benzene rings is 2. The second kappa shape index (κ2) is 10.6. The Labute approximate surface area is 223 Å². The molecule has 2 aliphatic rings. The van der Waals surface area contributed by atoms with Gasteiger partial charge in [0.05, 0.1) is 16.6 Å². The van der Waals surface area contributed by atoms with E-state index in [9.17, 15) is 19.1 Å². The van der Waals surface area contributed by atoms with Gasteiger partial charge in [0.2, 0.25) is 0 Å². The van der Waals surface area contributed by atoms with E-state index in [1.807, 2.05) is 17.0 Å². The van der Waals surface area contributed by atoms with E-state index in [-0.39, 0.29) is 33.7 Å². The summed E-state index contributed by atoms with van der Waals surface area (Å²) >= 11 is 5.92. The van der Waals surface area contributed by atoms with Crippen molar-refractivity contribution < 1.29 is 19.1 Å². The summed E-state index contributed by atoms with van der Waals surface area (Å²) in [6.45, 7) is 8.88. The maximum atomic E-state index is 14.4. The Kier molecular flexibility index (Phi) is 7.80. The Bertz CT molecular complexity index is 1190. The minimum Gasteiger partial charge on any atom is -0.478 e. The van der Waals surface area contributed by atoms with Gasteiger partial charge in [-0.3, -0.25) is 9.79 Å². The van der Waals surface area contributed by atoms with Gasteiger partial charge >= 0.3 is 5.97 Å². The van der Waals surface area contributed by atoms with E-state index in [0.717, 1.165) is 50.5 Å². The van der Waals surface area contributed by atoms with E-state index in [4.69, 9.17) is 16.6 Å². The number of rotatable bonds is 7. The predicted octanol–water partition coefficient (Wildman–Crippen LogP) is 7.67. The molecule has 1 aliphatic heterocycles. The number of carboxylic acid groups (broad SMARTS) is 1. The Morgan fingerprint density at radius 2 is 1.84 bits per heavy atom. The van der Waals surface area contributed by atoms with E-state index in [1.54, 1.807) is 18.2 Å². The molecular weight excluding hydrogens is 491 g/mol. The zero-order valence-electron chi connectivity index (χ0n) is 22.1. The van der Waals surface area contributed by atoms with Crippen LogP contribution in [0.5, 0.6) is 0 Å². The van der Waals surface area contributed by atoms with Crippen LogP contribution in [-0.4, -0.2) is 33.3 Å². The number of hydrogen-bond acceptors (Lipinski definition) is 3. The standard InChI is InChI=1S/C30H36ClFN2O3/c1-5-6-7-25(19-8-10-20(11-9-19)28(36)37)34-27(35)26(21-12-13-23(31)24(32)18-21)33-30(34)16-14-22(15-17-30)29(2,3)4/h8-13,18,22,25H,5-7,14-17H2,1-4H3,(H,36,37). The molecule has 1 atom stereocenters. The average molecular weight is 527 g/mol. The summed E-state index contributed by atoms with van der Waals surface area (Å²) in [6, 6.07) is 11.0.